The molecule has 74 valence electrons. The van der Waals surface area contributed by atoms with Crippen molar-refractivity contribution in [1.82, 2.24) is 0 Å². The molecule has 0 bridgehead atoms. The maximum Gasteiger partial charge on any atom is 0.295 e. The second-order valence-electron chi connectivity index (χ2n) is 3.19. The van der Waals surface area contributed by atoms with Gasteiger partial charge in [0.1, 0.15) is 4.90 Å². The number of ketones is 1. The monoisotopic (exact) mass is 212 g/mol. The van der Waals surface area contributed by atoms with Gasteiger partial charge in [-0.2, -0.15) is 8.42 Å². The maximum absolute atomic E-state index is 11.4. The van der Waals surface area contributed by atoms with Crippen molar-refractivity contribution in [1.29, 1.82) is 0 Å². The molecule has 0 radical (unpaired) electrons. The van der Waals surface area contributed by atoms with Crippen molar-refractivity contribution in [2.75, 3.05) is 0 Å². The van der Waals surface area contributed by atoms with Crippen LogP contribution in [0.15, 0.2) is 23.1 Å². The first kappa shape index (κ1) is 9.36. The second-order valence-corrected chi connectivity index (χ2v) is 4.58. The van der Waals surface area contributed by atoms with Crippen molar-refractivity contribution >= 4 is 15.9 Å². The standard InChI is InChI=1S/C9H8O4S/c10-7-5-4-6-2-1-3-8(9(6)7)14(11,12)13/h1-3H,4-5H2,(H,11,12,13). The molecule has 0 aliphatic heterocycles. The molecule has 4 nitrogen and oxygen atoms in total. The van der Waals surface area contributed by atoms with Crippen LogP contribution in [0.3, 0.4) is 0 Å². The number of rotatable bonds is 1. The zero-order valence-electron chi connectivity index (χ0n) is 7.23. The van der Waals surface area contributed by atoms with Crippen molar-refractivity contribution < 1.29 is 17.8 Å². The molecular formula is C9H8O4S. The molecule has 5 heteroatoms. The first-order chi connectivity index (χ1) is 6.50. The van der Waals surface area contributed by atoms with Gasteiger partial charge in [-0.15, -0.1) is 0 Å². The van der Waals surface area contributed by atoms with Gasteiger partial charge in [0, 0.05) is 12.0 Å². The van der Waals surface area contributed by atoms with E-state index in [9.17, 15) is 13.2 Å². The predicted octanol–water partition coefficient (Wildman–Crippen LogP) is 1.06. The van der Waals surface area contributed by atoms with Crippen molar-refractivity contribution in [2.24, 2.45) is 0 Å². The summed E-state index contributed by atoms with van der Waals surface area (Å²) in [5.41, 5.74) is 0.861. The topological polar surface area (TPSA) is 71.4 Å². The Bertz CT molecular complexity index is 502. The van der Waals surface area contributed by atoms with E-state index in [2.05, 4.69) is 0 Å². The lowest BCUT2D eigenvalue weighted by molar-refractivity contribution is 0.0991. The molecule has 0 unspecified atom stereocenters. The molecule has 14 heavy (non-hydrogen) atoms. The highest BCUT2D eigenvalue weighted by Crippen LogP contribution is 2.27. The van der Waals surface area contributed by atoms with Gasteiger partial charge >= 0.3 is 0 Å². The lowest BCUT2D eigenvalue weighted by Crippen LogP contribution is -2.05. The van der Waals surface area contributed by atoms with E-state index >= 15 is 0 Å². The fraction of sp³-hybridized carbons (Fsp3) is 0.222. The summed E-state index contributed by atoms with van der Waals surface area (Å²) in [6.07, 6.45) is 0.874. The molecule has 0 amide bonds. The smallest absolute Gasteiger partial charge is 0.294 e. The Kier molecular flexibility index (Phi) is 1.94. The van der Waals surface area contributed by atoms with E-state index in [1.54, 1.807) is 6.07 Å². The van der Waals surface area contributed by atoms with E-state index < -0.39 is 10.1 Å². The van der Waals surface area contributed by atoms with Crippen LogP contribution in [-0.4, -0.2) is 18.8 Å². The first-order valence-corrected chi connectivity index (χ1v) is 5.57. The van der Waals surface area contributed by atoms with Crippen molar-refractivity contribution in [3.63, 3.8) is 0 Å². The number of hydrogen-bond acceptors (Lipinski definition) is 3. The fourth-order valence-electron chi connectivity index (χ4n) is 1.69. The van der Waals surface area contributed by atoms with Gasteiger partial charge in [-0.25, -0.2) is 0 Å². The number of benzene rings is 1. The second kappa shape index (κ2) is 2.90. The van der Waals surface area contributed by atoms with E-state index in [-0.39, 0.29) is 16.2 Å². The Balaban J connectivity index is 2.76. The Hall–Kier alpha value is -1.20. The van der Waals surface area contributed by atoms with Crippen molar-refractivity contribution in [2.45, 2.75) is 17.7 Å². The molecule has 1 aromatic rings. The molecule has 0 atom stereocenters. The number of carbonyl (C=O) groups excluding carboxylic acids is 1. The van der Waals surface area contributed by atoms with Gasteiger partial charge in [-0.05, 0) is 18.1 Å². The summed E-state index contributed by atoms with van der Waals surface area (Å²) in [5.74, 6) is -0.215. The summed E-state index contributed by atoms with van der Waals surface area (Å²) in [5, 5.41) is 0. The van der Waals surface area contributed by atoms with E-state index in [0.29, 0.717) is 18.4 Å². The quantitative estimate of drug-likeness (QED) is 0.706. The average molecular weight is 212 g/mol. The number of hydrogen-bond donors (Lipinski definition) is 1. The molecule has 2 rings (SSSR count). The lowest BCUT2D eigenvalue weighted by atomic mass is 10.1. The molecule has 0 aromatic heterocycles. The van der Waals surface area contributed by atoms with Gasteiger partial charge in [0.2, 0.25) is 0 Å². The number of fused-ring (bicyclic) bond motifs is 1. The highest BCUT2D eigenvalue weighted by molar-refractivity contribution is 7.86. The summed E-state index contributed by atoms with van der Waals surface area (Å²) in [7, 11) is -4.28. The summed E-state index contributed by atoms with van der Waals surface area (Å²) >= 11 is 0. The lowest BCUT2D eigenvalue weighted by Gasteiger charge is -2.02. The van der Waals surface area contributed by atoms with Crippen molar-refractivity contribution in [3.05, 3.63) is 29.3 Å². The third kappa shape index (κ3) is 1.34. The Morgan fingerprint density at radius 1 is 1.21 bits per heavy atom. The first-order valence-electron chi connectivity index (χ1n) is 4.13. The van der Waals surface area contributed by atoms with Gasteiger partial charge in [-0.3, -0.25) is 9.35 Å². The number of Topliss-reactive ketones (excluding diaryl/α,β-unsaturated/α-hetero) is 1. The SMILES string of the molecule is O=C1CCc2cccc(S(=O)(=O)O)c21. The molecular weight excluding hydrogens is 204 g/mol. The Labute approximate surface area is 81.3 Å². The minimum atomic E-state index is -4.28. The van der Waals surface area contributed by atoms with Crippen LogP contribution in [0.1, 0.15) is 22.3 Å². The predicted molar refractivity (Wildman–Crippen MR) is 48.9 cm³/mol. The summed E-state index contributed by atoms with van der Waals surface area (Å²) < 4.78 is 30.8. The van der Waals surface area contributed by atoms with Crippen LogP contribution >= 0.6 is 0 Å². The summed E-state index contributed by atoms with van der Waals surface area (Å²) in [6, 6.07) is 4.48. The third-order valence-corrected chi connectivity index (χ3v) is 3.19. The summed E-state index contributed by atoms with van der Waals surface area (Å²) in [4.78, 5) is 11.1. The Morgan fingerprint density at radius 3 is 2.57 bits per heavy atom. The van der Waals surface area contributed by atoms with Gasteiger partial charge in [0.25, 0.3) is 10.1 Å². The van der Waals surface area contributed by atoms with Crippen molar-refractivity contribution in [3.8, 4) is 0 Å². The van der Waals surface area contributed by atoms with E-state index in [1.165, 1.54) is 12.1 Å². The number of carbonyl (C=O) groups is 1. The van der Waals surface area contributed by atoms with Crippen LogP contribution in [-0.2, 0) is 16.5 Å². The van der Waals surface area contributed by atoms with E-state index in [0.717, 1.165) is 0 Å². The van der Waals surface area contributed by atoms with Gasteiger partial charge in [0.05, 0.1) is 0 Å². The highest BCUT2D eigenvalue weighted by Gasteiger charge is 2.27. The van der Waals surface area contributed by atoms with Gasteiger partial charge in [-0.1, -0.05) is 12.1 Å². The van der Waals surface area contributed by atoms with Crippen LogP contribution in [0.2, 0.25) is 0 Å². The minimum Gasteiger partial charge on any atom is -0.294 e. The Morgan fingerprint density at radius 2 is 1.93 bits per heavy atom. The molecule has 0 saturated heterocycles. The average Bonchev–Trinajstić information content (AvgIpc) is 2.46. The molecule has 0 saturated carbocycles. The van der Waals surface area contributed by atoms with Crippen LogP contribution < -0.4 is 0 Å². The zero-order chi connectivity index (χ0) is 10.3. The van der Waals surface area contributed by atoms with Gasteiger partial charge < -0.3 is 0 Å². The molecule has 1 aliphatic carbocycles. The molecule has 1 N–H and O–H groups in total. The van der Waals surface area contributed by atoms with Crippen LogP contribution in [0.25, 0.3) is 0 Å². The minimum absolute atomic E-state index is 0.162. The maximum atomic E-state index is 11.4. The zero-order valence-corrected chi connectivity index (χ0v) is 8.04. The van der Waals surface area contributed by atoms with E-state index in [1.807, 2.05) is 0 Å². The molecule has 0 fully saturated rings. The van der Waals surface area contributed by atoms with E-state index in [4.69, 9.17) is 4.55 Å². The van der Waals surface area contributed by atoms with Gasteiger partial charge in [0.15, 0.2) is 5.78 Å². The largest absolute Gasteiger partial charge is 0.295 e. The molecule has 1 aromatic carbocycles. The molecule has 1 aliphatic rings. The van der Waals surface area contributed by atoms with Crippen LogP contribution in [0.5, 0.6) is 0 Å². The summed E-state index contributed by atoms with van der Waals surface area (Å²) in [6.45, 7) is 0. The van der Waals surface area contributed by atoms with Crippen LogP contribution in [0, 0.1) is 0 Å². The normalized spacial score (nSPS) is 15.6. The highest BCUT2D eigenvalue weighted by atomic mass is 32.2. The fourth-order valence-corrected chi connectivity index (χ4v) is 2.44. The number of aryl methyl sites for hydroxylation is 1. The molecule has 0 heterocycles. The third-order valence-electron chi connectivity index (χ3n) is 2.29. The molecule has 0 spiro atoms. The van der Waals surface area contributed by atoms with Crippen LogP contribution in [0.4, 0.5) is 0 Å².